The maximum Gasteiger partial charge on any atom is 0.325 e. The van der Waals surface area contributed by atoms with E-state index in [1.165, 1.54) is 17.0 Å². The summed E-state index contributed by atoms with van der Waals surface area (Å²) in [5.74, 6) is -0.500. The van der Waals surface area contributed by atoms with Crippen LogP contribution in [0.5, 0.6) is 5.75 Å². The van der Waals surface area contributed by atoms with Crippen LogP contribution in [0.2, 0.25) is 0 Å². The zero-order valence-corrected chi connectivity index (χ0v) is 13.9. The number of urea groups is 1. The van der Waals surface area contributed by atoms with E-state index in [1.807, 2.05) is 32.0 Å². The lowest BCUT2D eigenvalue weighted by atomic mass is 9.89. The monoisotopic (exact) mass is 337 g/mol. The van der Waals surface area contributed by atoms with Crippen LogP contribution in [0, 0.1) is 6.92 Å². The van der Waals surface area contributed by atoms with Crippen LogP contribution in [0.15, 0.2) is 42.5 Å². The van der Waals surface area contributed by atoms with Gasteiger partial charge in [-0.1, -0.05) is 29.8 Å². The molecule has 2 amide bonds. The number of carboxylic acid groups (broad SMARTS) is 1. The van der Waals surface area contributed by atoms with E-state index in [9.17, 15) is 14.7 Å². The van der Waals surface area contributed by atoms with Crippen molar-refractivity contribution in [2.45, 2.75) is 32.0 Å². The molecule has 2 aromatic rings. The third-order valence-electron chi connectivity index (χ3n) is 4.79. The molecular formula is C19H17N2O4-. The lowest BCUT2D eigenvalue weighted by molar-refractivity contribution is -0.255. The normalized spacial score (nSPS) is 24.2. The van der Waals surface area contributed by atoms with E-state index in [2.05, 4.69) is 5.32 Å². The van der Waals surface area contributed by atoms with Gasteiger partial charge in [-0.25, -0.2) is 4.79 Å². The Morgan fingerprint density at radius 1 is 1.28 bits per heavy atom. The molecule has 0 radical (unpaired) electrons. The Balaban J connectivity index is 1.75. The molecule has 1 saturated heterocycles. The van der Waals surface area contributed by atoms with Crippen LogP contribution in [0.25, 0.3) is 0 Å². The number of nitrogens with zero attached hydrogens (tertiary/aromatic N) is 1. The van der Waals surface area contributed by atoms with Gasteiger partial charge in [-0.05, 0) is 37.6 Å². The first-order chi connectivity index (χ1) is 11.9. The van der Waals surface area contributed by atoms with Crippen molar-refractivity contribution in [3.05, 3.63) is 59.2 Å². The summed E-state index contributed by atoms with van der Waals surface area (Å²) in [6, 6.07) is 11.6. The minimum atomic E-state index is -1.25. The van der Waals surface area contributed by atoms with Crippen LogP contribution >= 0.6 is 0 Å². The standard InChI is InChI=1S/C19H18N2O4/c1-11-3-8-16-14(9-11)15-10-19(2,25-16)21(18(24)20-15)13-6-4-12(5-7-13)17(22)23/h3-9,15H,10H2,1-2H3,(H,20,24)(H,22,23)/p-1/t15-,19-/m0/s1. The third kappa shape index (κ3) is 2.41. The van der Waals surface area contributed by atoms with Gasteiger partial charge in [-0.3, -0.25) is 4.90 Å². The predicted molar refractivity (Wildman–Crippen MR) is 89.4 cm³/mol. The Bertz CT molecular complexity index is 877. The number of amides is 2. The number of ether oxygens (including phenoxy) is 1. The highest BCUT2D eigenvalue weighted by Gasteiger charge is 2.49. The van der Waals surface area contributed by atoms with Crippen molar-refractivity contribution in [2.24, 2.45) is 0 Å². The maximum atomic E-state index is 12.7. The smallest absolute Gasteiger partial charge is 0.325 e. The van der Waals surface area contributed by atoms with Crippen molar-refractivity contribution in [1.29, 1.82) is 0 Å². The largest absolute Gasteiger partial charge is 0.545 e. The molecule has 0 unspecified atom stereocenters. The zero-order valence-electron chi connectivity index (χ0n) is 13.9. The highest BCUT2D eigenvalue weighted by Crippen LogP contribution is 2.45. The van der Waals surface area contributed by atoms with Gasteiger partial charge in [-0.2, -0.15) is 0 Å². The highest BCUT2D eigenvalue weighted by molar-refractivity contribution is 5.95. The van der Waals surface area contributed by atoms with E-state index < -0.39 is 11.7 Å². The van der Waals surface area contributed by atoms with Crippen LogP contribution in [-0.4, -0.2) is 17.7 Å². The molecule has 128 valence electrons. The SMILES string of the molecule is Cc1ccc2c(c1)[C@@H]1C[C@](C)(O2)N(c2ccc(C(=O)[O-])cc2)C(=O)N1. The maximum absolute atomic E-state index is 12.7. The molecule has 2 aromatic carbocycles. The second kappa shape index (κ2) is 5.24. The number of carbonyl (C=O) groups is 2. The fourth-order valence-corrected chi connectivity index (χ4v) is 3.63. The van der Waals surface area contributed by atoms with Crippen molar-refractivity contribution >= 4 is 17.7 Å². The molecule has 6 heteroatoms. The van der Waals surface area contributed by atoms with E-state index in [0.717, 1.165) is 16.9 Å². The molecule has 2 atom stereocenters. The minimum absolute atomic E-state index is 0.0644. The number of aromatic carboxylic acids is 1. The highest BCUT2D eigenvalue weighted by atomic mass is 16.5. The van der Waals surface area contributed by atoms with Gasteiger partial charge in [0.25, 0.3) is 0 Å². The number of fused-ring (bicyclic) bond motifs is 4. The summed E-state index contributed by atoms with van der Waals surface area (Å²) in [7, 11) is 0. The van der Waals surface area contributed by atoms with Gasteiger partial charge in [0, 0.05) is 17.7 Å². The number of nitrogens with one attached hydrogen (secondary N) is 1. The van der Waals surface area contributed by atoms with Gasteiger partial charge in [0.15, 0.2) is 5.72 Å². The molecule has 2 aliphatic heterocycles. The fourth-order valence-electron chi connectivity index (χ4n) is 3.63. The van der Waals surface area contributed by atoms with Gasteiger partial charge in [0.1, 0.15) is 5.75 Å². The van der Waals surface area contributed by atoms with Crippen LogP contribution in [0.3, 0.4) is 0 Å². The second-order valence-electron chi connectivity index (χ2n) is 6.69. The summed E-state index contributed by atoms with van der Waals surface area (Å²) < 4.78 is 6.20. The molecule has 2 heterocycles. The van der Waals surface area contributed by atoms with Gasteiger partial charge in [0.2, 0.25) is 0 Å². The van der Waals surface area contributed by atoms with E-state index in [-0.39, 0.29) is 17.6 Å². The first-order valence-corrected chi connectivity index (χ1v) is 8.09. The van der Waals surface area contributed by atoms with Crippen LogP contribution < -0.4 is 20.1 Å². The molecule has 25 heavy (non-hydrogen) atoms. The first-order valence-electron chi connectivity index (χ1n) is 8.09. The summed E-state index contributed by atoms with van der Waals surface area (Å²) >= 11 is 0. The molecule has 2 bridgehead atoms. The van der Waals surface area contributed by atoms with Gasteiger partial charge in [0.05, 0.1) is 12.0 Å². The van der Waals surface area contributed by atoms with E-state index in [1.54, 1.807) is 12.1 Å². The van der Waals surface area contributed by atoms with Crippen LogP contribution in [0.4, 0.5) is 10.5 Å². The number of carboxylic acids is 1. The predicted octanol–water partition coefficient (Wildman–Crippen LogP) is 2.13. The van der Waals surface area contributed by atoms with E-state index in [4.69, 9.17) is 4.74 Å². The molecule has 0 saturated carbocycles. The Kier molecular flexibility index (Phi) is 3.25. The average molecular weight is 337 g/mol. The summed E-state index contributed by atoms with van der Waals surface area (Å²) in [4.78, 5) is 25.2. The molecule has 2 aliphatic rings. The molecule has 1 N–H and O–H groups in total. The summed E-state index contributed by atoms with van der Waals surface area (Å²) in [5, 5.41) is 13.9. The molecule has 1 fully saturated rings. The van der Waals surface area contributed by atoms with Crippen LogP contribution in [-0.2, 0) is 0 Å². The van der Waals surface area contributed by atoms with E-state index in [0.29, 0.717) is 12.1 Å². The lowest BCUT2D eigenvalue weighted by Crippen LogP contribution is -2.65. The Labute approximate surface area is 145 Å². The average Bonchev–Trinajstić information content (AvgIpc) is 2.55. The summed E-state index contributed by atoms with van der Waals surface area (Å²) in [6.45, 7) is 3.87. The molecule has 0 aromatic heterocycles. The molecular weight excluding hydrogens is 320 g/mol. The number of hydrogen-bond donors (Lipinski definition) is 1. The molecule has 0 aliphatic carbocycles. The number of aryl methyl sites for hydroxylation is 1. The second-order valence-corrected chi connectivity index (χ2v) is 6.69. The Hall–Kier alpha value is -3.02. The number of hydrogen-bond acceptors (Lipinski definition) is 4. The third-order valence-corrected chi connectivity index (χ3v) is 4.79. The van der Waals surface area contributed by atoms with Gasteiger partial charge in [-0.15, -0.1) is 0 Å². The van der Waals surface area contributed by atoms with Crippen molar-refractivity contribution in [2.75, 3.05) is 4.90 Å². The van der Waals surface area contributed by atoms with Gasteiger partial charge < -0.3 is 20.0 Å². The number of anilines is 1. The van der Waals surface area contributed by atoms with E-state index >= 15 is 0 Å². The zero-order chi connectivity index (χ0) is 17.8. The topological polar surface area (TPSA) is 81.7 Å². The van der Waals surface area contributed by atoms with Crippen molar-refractivity contribution in [3.8, 4) is 5.75 Å². The molecule has 4 rings (SSSR count). The lowest BCUT2D eigenvalue weighted by Gasteiger charge is -2.50. The van der Waals surface area contributed by atoms with Crippen molar-refractivity contribution in [1.82, 2.24) is 5.32 Å². The Morgan fingerprint density at radius 3 is 2.68 bits per heavy atom. The van der Waals surface area contributed by atoms with Crippen molar-refractivity contribution in [3.63, 3.8) is 0 Å². The Morgan fingerprint density at radius 2 is 2.00 bits per heavy atom. The quantitative estimate of drug-likeness (QED) is 0.910. The summed E-state index contributed by atoms with van der Waals surface area (Å²) in [6.07, 6.45) is 0.595. The van der Waals surface area contributed by atoms with Gasteiger partial charge >= 0.3 is 6.03 Å². The number of benzene rings is 2. The first kappa shape index (κ1) is 15.5. The number of rotatable bonds is 2. The minimum Gasteiger partial charge on any atom is -0.545 e. The fraction of sp³-hybridized carbons (Fsp3) is 0.263. The van der Waals surface area contributed by atoms with Crippen LogP contribution in [0.1, 0.15) is 40.9 Å². The molecule has 0 spiro atoms. The summed E-state index contributed by atoms with van der Waals surface area (Å²) in [5.41, 5.74) is 1.88. The van der Waals surface area contributed by atoms with Crippen molar-refractivity contribution < 1.29 is 19.4 Å². The molecule has 6 nitrogen and oxygen atoms in total. The number of carbonyl (C=O) groups excluding carboxylic acids is 2.